The summed E-state index contributed by atoms with van der Waals surface area (Å²) >= 11 is 0. The molecule has 0 aliphatic carbocycles. The van der Waals surface area contributed by atoms with Crippen molar-refractivity contribution in [2.24, 2.45) is 0 Å². The van der Waals surface area contributed by atoms with E-state index in [1.54, 1.807) is 54.6 Å². The highest BCUT2D eigenvalue weighted by atomic mass is 16.5. The highest BCUT2D eigenvalue weighted by Gasteiger charge is 2.19. The van der Waals surface area contributed by atoms with E-state index in [-0.39, 0.29) is 5.78 Å². The second-order valence-electron chi connectivity index (χ2n) is 5.04. The molecule has 1 N–H and O–H groups in total. The first-order valence-corrected chi connectivity index (χ1v) is 7.15. The van der Waals surface area contributed by atoms with Crippen LogP contribution >= 0.6 is 0 Å². The number of hydrogen-bond acceptors (Lipinski definition) is 4. The Morgan fingerprint density at radius 1 is 0.957 bits per heavy atom. The predicted molar refractivity (Wildman–Crippen MR) is 86.4 cm³/mol. The SMILES string of the molecule is CC(=O)c1cccc(NC(=O)C(C)OC(=O)c2ccccc2)c1. The number of benzene rings is 2. The Bertz CT molecular complexity index is 725. The van der Waals surface area contributed by atoms with Crippen LogP contribution in [0.15, 0.2) is 54.6 Å². The zero-order valence-corrected chi connectivity index (χ0v) is 12.9. The molecule has 0 aromatic heterocycles. The van der Waals surface area contributed by atoms with Crippen molar-refractivity contribution in [1.82, 2.24) is 0 Å². The van der Waals surface area contributed by atoms with E-state index in [4.69, 9.17) is 4.74 Å². The van der Waals surface area contributed by atoms with Gasteiger partial charge >= 0.3 is 5.97 Å². The summed E-state index contributed by atoms with van der Waals surface area (Å²) in [5.41, 5.74) is 1.35. The minimum Gasteiger partial charge on any atom is -0.449 e. The van der Waals surface area contributed by atoms with E-state index in [2.05, 4.69) is 5.32 Å². The van der Waals surface area contributed by atoms with Gasteiger partial charge in [-0.3, -0.25) is 9.59 Å². The molecule has 0 bridgehead atoms. The van der Waals surface area contributed by atoms with E-state index < -0.39 is 18.0 Å². The van der Waals surface area contributed by atoms with Gasteiger partial charge in [-0.15, -0.1) is 0 Å². The lowest BCUT2D eigenvalue weighted by Crippen LogP contribution is -2.30. The fourth-order valence-corrected chi connectivity index (χ4v) is 1.92. The standard InChI is InChI=1S/C18H17NO4/c1-12(20)15-9-6-10-16(11-15)19-17(21)13(2)23-18(22)14-7-4-3-5-8-14/h3-11,13H,1-2H3,(H,19,21). The monoisotopic (exact) mass is 311 g/mol. The Kier molecular flexibility index (Phi) is 5.25. The molecule has 2 rings (SSSR count). The lowest BCUT2D eigenvalue weighted by Gasteiger charge is -2.14. The molecule has 2 aromatic carbocycles. The third kappa shape index (κ3) is 4.51. The number of ketones is 1. The third-order valence-corrected chi connectivity index (χ3v) is 3.20. The smallest absolute Gasteiger partial charge is 0.338 e. The zero-order valence-electron chi connectivity index (χ0n) is 12.9. The summed E-state index contributed by atoms with van der Waals surface area (Å²) in [4.78, 5) is 35.3. The van der Waals surface area contributed by atoms with E-state index >= 15 is 0 Å². The van der Waals surface area contributed by atoms with Gasteiger partial charge in [0.2, 0.25) is 0 Å². The number of nitrogens with one attached hydrogen (secondary N) is 1. The summed E-state index contributed by atoms with van der Waals surface area (Å²) in [6, 6.07) is 15.0. The minimum atomic E-state index is -0.955. The number of ether oxygens (including phenoxy) is 1. The molecule has 0 saturated heterocycles. The van der Waals surface area contributed by atoms with Gasteiger partial charge in [0, 0.05) is 11.3 Å². The summed E-state index contributed by atoms with van der Waals surface area (Å²) in [6.45, 7) is 2.94. The second kappa shape index (κ2) is 7.35. The summed E-state index contributed by atoms with van der Waals surface area (Å²) in [5, 5.41) is 2.63. The highest BCUT2D eigenvalue weighted by Crippen LogP contribution is 2.12. The van der Waals surface area contributed by atoms with Crippen molar-refractivity contribution >= 4 is 23.3 Å². The molecule has 5 nitrogen and oxygen atoms in total. The Morgan fingerprint density at radius 2 is 1.61 bits per heavy atom. The van der Waals surface area contributed by atoms with E-state index in [1.165, 1.54) is 13.8 Å². The van der Waals surface area contributed by atoms with E-state index in [0.717, 1.165) is 0 Å². The van der Waals surface area contributed by atoms with Crippen molar-refractivity contribution in [2.75, 3.05) is 5.32 Å². The minimum absolute atomic E-state index is 0.0929. The molecule has 0 fully saturated rings. The van der Waals surface area contributed by atoms with Gasteiger partial charge in [0.25, 0.3) is 5.91 Å². The van der Waals surface area contributed by atoms with Crippen molar-refractivity contribution in [3.05, 3.63) is 65.7 Å². The van der Waals surface area contributed by atoms with E-state index in [1.807, 2.05) is 0 Å². The quantitative estimate of drug-likeness (QED) is 0.680. The molecule has 5 heteroatoms. The van der Waals surface area contributed by atoms with Crippen molar-refractivity contribution in [2.45, 2.75) is 20.0 Å². The van der Waals surface area contributed by atoms with Crippen LogP contribution in [0.2, 0.25) is 0 Å². The van der Waals surface area contributed by atoms with Gasteiger partial charge in [-0.05, 0) is 38.1 Å². The van der Waals surface area contributed by atoms with Crippen molar-refractivity contribution < 1.29 is 19.1 Å². The predicted octanol–water partition coefficient (Wildman–Crippen LogP) is 3.07. The summed E-state index contributed by atoms with van der Waals surface area (Å²) < 4.78 is 5.13. The maximum absolute atomic E-state index is 12.1. The number of carbonyl (C=O) groups is 3. The molecule has 0 spiro atoms. The highest BCUT2D eigenvalue weighted by molar-refractivity contribution is 5.99. The topological polar surface area (TPSA) is 72.5 Å². The fourth-order valence-electron chi connectivity index (χ4n) is 1.92. The van der Waals surface area contributed by atoms with Gasteiger partial charge in [0.15, 0.2) is 11.9 Å². The Morgan fingerprint density at radius 3 is 2.26 bits per heavy atom. The van der Waals surface area contributed by atoms with E-state index in [9.17, 15) is 14.4 Å². The lowest BCUT2D eigenvalue weighted by molar-refractivity contribution is -0.123. The van der Waals surface area contributed by atoms with Crippen LogP contribution in [0.4, 0.5) is 5.69 Å². The fraction of sp³-hybridized carbons (Fsp3) is 0.167. The normalized spacial score (nSPS) is 11.4. The average molecular weight is 311 g/mol. The number of esters is 1. The molecule has 0 saturated carbocycles. The average Bonchev–Trinajstić information content (AvgIpc) is 2.55. The zero-order chi connectivity index (χ0) is 16.8. The van der Waals surface area contributed by atoms with Gasteiger partial charge in [-0.2, -0.15) is 0 Å². The summed E-state index contributed by atoms with van der Waals surface area (Å²) in [7, 11) is 0. The number of hydrogen-bond donors (Lipinski definition) is 1. The number of carbonyl (C=O) groups excluding carboxylic acids is 3. The number of anilines is 1. The van der Waals surface area contributed by atoms with Crippen LogP contribution in [0.5, 0.6) is 0 Å². The third-order valence-electron chi connectivity index (χ3n) is 3.20. The van der Waals surface area contributed by atoms with Gasteiger partial charge in [0.1, 0.15) is 0 Å². The van der Waals surface area contributed by atoms with Crippen molar-refractivity contribution in [3.8, 4) is 0 Å². The molecule has 1 atom stereocenters. The Balaban J connectivity index is 1.99. The van der Waals surface area contributed by atoms with Crippen molar-refractivity contribution in [1.29, 1.82) is 0 Å². The van der Waals surface area contributed by atoms with Crippen LogP contribution in [0.1, 0.15) is 34.6 Å². The molecule has 0 aliphatic heterocycles. The molecule has 1 amide bonds. The largest absolute Gasteiger partial charge is 0.449 e. The first kappa shape index (κ1) is 16.4. The molecule has 0 aliphatic rings. The molecule has 118 valence electrons. The summed E-state index contributed by atoms with van der Waals surface area (Å²) in [5.74, 6) is -1.12. The molecular formula is C18H17NO4. The molecule has 0 radical (unpaired) electrons. The van der Waals surface area contributed by atoms with Crippen LogP contribution < -0.4 is 5.32 Å². The Hall–Kier alpha value is -2.95. The molecular weight excluding hydrogens is 294 g/mol. The van der Waals surface area contributed by atoms with Crippen molar-refractivity contribution in [3.63, 3.8) is 0 Å². The van der Waals surface area contributed by atoms with E-state index in [0.29, 0.717) is 16.8 Å². The van der Waals surface area contributed by atoms with Gasteiger partial charge < -0.3 is 10.1 Å². The van der Waals surface area contributed by atoms with Gasteiger partial charge in [0.05, 0.1) is 5.56 Å². The maximum atomic E-state index is 12.1. The Labute approximate surface area is 134 Å². The number of Topliss-reactive ketones (excluding diaryl/α,β-unsaturated/α-hetero) is 1. The molecule has 1 unspecified atom stereocenters. The summed E-state index contributed by atoms with van der Waals surface area (Å²) in [6.07, 6.45) is -0.955. The maximum Gasteiger partial charge on any atom is 0.338 e. The van der Waals surface area contributed by atoms with Gasteiger partial charge in [-0.25, -0.2) is 4.79 Å². The first-order chi connectivity index (χ1) is 11.0. The van der Waals surface area contributed by atoms with Gasteiger partial charge in [-0.1, -0.05) is 30.3 Å². The molecule has 23 heavy (non-hydrogen) atoms. The van der Waals surface area contributed by atoms with Crippen LogP contribution in [-0.2, 0) is 9.53 Å². The van der Waals surface area contributed by atoms with Crippen LogP contribution in [0.25, 0.3) is 0 Å². The molecule has 0 heterocycles. The van der Waals surface area contributed by atoms with Crippen LogP contribution in [0, 0.1) is 0 Å². The van der Waals surface area contributed by atoms with Crippen LogP contribution in [-0.4, -0.2) is 23.8 Å². The first-order valence-electron chi connectivity index (χ1n) is 7.15. The second-order valence-corrected chi connectivity index (χ2v) is 5.04. The number of amides is 1. The lowest BCUT2D eigenvalue weighted by atomic mass is 10.1. The molecule has 2 aromatic rings. The number of rotatable bonds is 5. The van der Waals surface area contributed by atoms with Crippen LogP contribution in [0.3, 0.4) is 0 Å².